The molecule has 2 atom stereocenters. The van der Waals surface area contributed by atoms with E-state index in [9.17, 15) is 9.90 Å². The molecule has 1 saturated carbocycles. The van der Waals surface area contributed by atoms with Crippen LogP contribution < -0.4 is 5.32 Å². The number of nitrogens with zero attached hydrogens (tertiary/aromatic N) is 1. The largest absolute Gasteiger partial charge is 0.391 e. The number of aliphatic hydroxyl groups excluding tert-OH is 1. The van der Waals surface area contributed by atoms with Crippen molar-refractivity contribution < 1.29 is 9.90 Å². The number of amides is 1. The maximum Gasteiger partial charge on any atom is 0.271 e. The van der Waals surface area contributed by atoms with Gasteiger partial charge in [0.05, 0.1) is 17.7 Å². The Labute approximate surface area is 105 Å². The number of carbonyl (C=O) groups is 1. The summed E-state index contributed by atoms with van der Waals surface area (Å²) in [5, 5.41) is 14.6. The van der Waals surface area contributed by atoms with E-state index in [0.717, 1.165) is 25.7 Å². The number of aliphatic hydroxyl groups is 1. The Balaban J connectivity index is 1.93. The highest BCUT2D eigenvalue weighted by molar-refractivity contribution is 7.07. The van der Waals surface area contributed by atoms with Crippen LogP contribution in [0.3, 0.4) is 0 Å². The van der Waals surface area contributed by atoms with Gasteiger partial charge in [0.25, 0.3) is 5.91 Å². The van der Waals surface area contributed by atoms with E-state index in [1.54, 1.807) is 10.9 Å². The Bertz CT molecular complexity index is 353. The molecule has 0 aromatic carbocycles. The van der Waals surface area contributed by atoms with Crippen molar-refractivity contribution in [3.63, 3.8) is 0 Å². The summed E-state index contributed by atoms with van der Waals surface area (Å²) < 4.78 is 0. The number of nitrogens with one attached hydrogen (secondary N) is 1. The van der Waals surface area contributed by atoms with Crippen molar-refractivity contribution >= 4 is 17.2 Å². The number of hydrogen-bond donors (Lipinski definition) is 2. The normalized spacial score (nSPS) is 25.9. The first-order valence-corrected chi connectivity index (χ1v) is 7.09. The molecule has 0 spiro atoms. The zero-order valence-electron chi connectivity index (χ0n) is 9.76. The molecule has 2 rings (SSSR count). The summed E-state index contributed by atoms with van der Waals surface area (Å²) in [7, 11) is 0. The van der Waals surface area contributed by atoms with Crippen LogP contribution in [0.25, 0.3) is 0 Å². The third-order valence-corrected chi connectivity index (χ3v) is 3.80. The molecule has 5 heteroatoms. The molecule has 1 amide bonds. The molecule has 1 heterocycles. The predicted octanol–water partition coefficient (Wildman–Crippen LogP) is 1.96. The molecule has 0 unspecified atom stereocenters. The minimum Gasteiger partial charge on any atom is -0.391 e. The van der Waals surface area contributed by atoms with E-state index in [0.29, 0.717) is 5.69 Å². The maximum atomic E-state index is 11.8. The van der Waals surface area contributed by atoms with Gasteiger partial charge in [0, 0.05) is 5.38 Å². The van der Waals surface area contributed by atoms with Crippen molar-refractivity contribution in [1.82, 2.24) is 10.3 Å². The number of carbonyl (C=O) groups excluding carboxylic acids is 1. The first kappa shape index (κ1) is 12.5. The van der Waals surface area contributed by atoms with Gasteiger partial charge < -0.3 is 10.4 Å². The molecule has 94 valence electrons. The van der Waals surface area contributed by atoms with Crippen LogP contribution in [0.4, 0.5) is 0 Å². The fourth-order valence-electron chi connectivity index (χ4n) is 2.20. The molecule has 0 aliphatic heterocycles. The molecule has 1 aromatic heterocycles. The van der Waals surface area contributed by atoms with Crippen LogP contribution in [0.1, 0.15) is 49.0 Å². The summed E-state index contributed by atoms with van der Waals surface area (Å²) in [6.07, 6.45) is 5.71. The van der Waals surface area contributed by atoms with Crippen molar-refractivity contribution in [3.05, 3.63) is 16.6 Å². The third-order valence-electron chi connectivity index (χ3n) is 3.21. The molecule has 2 N–H and O–H groups in total. The van der Waals surface area contributed by atoms with Crippen molar-refractivity contribution in [2.45, 2.75) is 50.7 Å². The van der Waals surface area contributed by atoms with E-state index >= 15 is 0 Å². The van der Waals surface area contributed by atoms with Crippen LogP contribution in [0.2, 0.25) is 0 Å². The van der Waals surface area contributed by atoms with Crippen molar-refractivity contribution in [1.29, 1.82) is 0 Å². The molecule has 1 fully saturated rings. The zero-order chi connectivity index (χ0) is 12.1. The molecule has 1 aliphatic rings. The minimum absolute atomic E-state index is 0.121. The SMILES string of the molecule is O=C(N[C@H]1CCCCCC[C@@H]1O)c1cscn1. The van der Waals surface area contributed by atoms with Gasteiger partial charge in [0.1, 0.15) is 5.69 Å². The van der Waals surface area contributed by atoms with Crippen molar-refractivity contribution in [2.75, 3.05) is 0 Å². The lowest BCUT2D eigenvalue weighted by Crippen LogP contribution is -2.43. The van der Waals surface area contributed by atoms with Gasteiger partial charge in [-0.05, 0) is 12.8 Å². The summed E-state index contributed by atoms with van der Waals surface area (Å²) >= 11 is 1.40. The third kappa shape index (κ3) is 3.51. The van der Waals surface area contributed by atoms with Gasteiger partial charge >= 0.3 is 0 Å². The Kier molecular flexibility index (Phi) is 4.50. The average molecular weight is 254 g/mol. The maximum absolute atomic E-state index is 11.8. The Morgan fingerprint density at radius 2 is 2.12 bits per heavy atom. The van der Waals surface area contributed by atoms with Crippen molar-refractivity contribution in [3.8, 4) is 0 Å². The van der Waals surface area contributed by atoms with Crippen LogP contribution in [0.5, 0.6) is 0 Å². The summed E-state index contributed by atoms with van der Waals surface area (Å²) in [5.41, 5.74) is 2.09. The van der Waals surface area contributed by atoms with Crippen LogP contribution in [0, 0.1) is 0 Å². The highest BCUT2D eigenvalue weighted by Gasteiger charge is 2.23. The highest BCUT2D eigenvalue weighted by Crippen LogP contribution is 2.18. The number of aromatic nitrogens is 1. The van der Waals surface area contributed by atoms with Gasteiger partial charge in [0.2, 0.25) is 0 Å². The van der Waals surface area contributed by atoms with E-state index < -0.39 is 6.10 Å². The predicted molar refractivity (Wildman–Crippen MR) is 67.1 cm³/mol. The van der Waals surface area contributed by atoms with Gasteiger partial charge in [0.15, 0.2) is 0 Å². The molecule has 17 heavy (non-hydrogen) atoms. The minimum atomic E-state index is -0.419. The first-order valence-electron chi connectivity index (χ1n) is 6.14. The summed E-state index contributed by atoms with van der Waals surface area (Å²) in [5.74, 6) is -0.170. The van der Waals surface area contributed by atoms with Gasteiger partial charge in [-0.2, -0.15) is 0 Å². The first-order chi connectivity index (χ1) is 8.27. The second-order valence-electron chi connectivity index (χ2n) is 4.51. The van der Waals surface area contributed by atoms with E-state index in [1.807, 2.05) is 0 Å². The fraction of sp³-hybridized carbons (Fsp3) is 0.667. The number of thiazole rings is 1. The molecular formula is C12H18N2O2S. The second kappa shape index (κ2) is 6.12. The van der Waals surface area contributed by atoms with Gasteiger partial charge in [-0.3, -0.25) is 4.79 Å². The lowest BCUT2D eigenvalue weighted by atomic mass is 9.94. The molecular weight excluding hydrogens is 236 g/mol. The Hall–Kier alpha value is -0.940. The lowest BCUT2D eigenvalue weighted by Gasteiger charge is -2.25. The summed E-state index contributed by atoms with van der Waals surface area (Å²) in [4.78, 5) is 15.8. The standard InChI is InChI=1S/C12H18N2O2S/c15-11-6-4-2-1-3-5-9(11)14-12(16)10-7-17-8-13-10/h7-9,11,15H,1-6H2,(H,14,16)/t9-,11-/m0/s1. The monoisotopic (exact) mass is 254 g/mol. The zero-order valence-corrected chi connectivity index (χ0v) is 10.6. The topological polar surface area (TPSA) is 62.2 Å². The van der Waals surface area contributed by atoms with E-state index in [-0.39, 0.29) is 11.9 Å². The molecule has 4 nitrogen and oxygen atoms in total. The van der Waals surface area contributed by atoms with Crippen LogP contribution >= 0.6 is 11.3 Å². The smallest absolute Gasteiger partial charge is 0.271 e. The van der Waals surface area contributed by atoms with E-state index in [2.05, 4.69) is 10.3 Å². The van der Waals surface area contributed by atoms with E-state index in [1.165, 1.54) is 24.2 Å². The van der Waals surface area contributed by atoms with Crippen LogP contribution in [-0.4, -0.2) is 28.1 Å². The fourth-order valence-corrected chi connectivity index (χ4v) is 2.73. The number of hydrogen-bond acceptors (Lipinski definition) is 4. The Morgan fingerprint density at radius 1 is 1.35 bits per heavy atom. The van der Waals surface area contributed by atoms with Gasteiger partial charge in [-0.15, -0.1) is 11.3 Å². The molecule has 0 saturated heterocycles. The van der Waals surface area contributed by atoms with Crippen molar-refractivity contribution in [2.24, 2.45) is 0 Å². The average Bonchev–Trinajstić information content (AvgIpc) is 2.82. The van der Waals surface area contributed by atoms with Crippen LogP contribution in [0.15, 0.2) is 10.9 Å². The Morgan fingerprint density at radius 3 is 2.82 bits per heavy atom. The summed E-state index contributed by atoms with van der Waals surface area (Å²) in [6, 6.07) is -0.121. The quantitative estimate of drug-likeness (QED) is 0.848. The van der Waals surface area contributed by atoms with Crippen LogP contribution in [-0.2, 0) is 0 Å². The molecule has 0 bridgehead atoms. The van der Waals surface area contributed by atoms with Gasteiger partial charge in [-0.1, -0.05) is 25.7 Å². The molecule has 1 aliphatic carbocycles. The molecule has 0 radical (unpaired) electrons. The number of rotatable bonds is 2. The second-order valence-corrected chi connectivity index (χ2v) is 5.23. The highest BCUT2D eigenvalue weighted by atomic mass is 32.1. The molecule has 1 aromatic rings. The lowest BCUT2D eigenvalue weighted by molar-refractivity contribution is 0.0767. The van der Waals surface area contributed by atoms with Gasteiger partial charge in [-0.25, -0.2) is 4.98 Å². The van der Waals surface area contributed by atoms with E-state index in [4.69, 9.17) is 0 Å². The summed E-state index contributed by atoms with van der Waals surface area (Å²) in [6.45, 7) is 0.